The number of aryl methyl sites for hydroxylation is 1. The van der Waals surface area contributed by atoms with Crippen LogP contribution in [0.2, 0.25) is 0 Å². The normalized spacial score (nSPS) is 10.8. The Morgan fingerprint density at radius 3 is 3.00 bits per heavy atom. The summed E-state index contributed by atoms with van der Waals surface area (Å²) in [5.41, 5.74) is 1.69. The van der Waals surface area contributed by atoms with Gasteiger partial charge in [0.05, 0.1) is 11.7 Å². The summed E-state index contributed by atoms with van der Waals surface area (Å²) < 4.78 is 14.9. The van der Waals surface area contributed by atoms with E-state index in [0.717, 1.165) is 12.1 Å². The fraction of sp³-hybridized carbons (Fsp3) is 0.200. The molecule has 0 aromatic carbocycles. The topological polar surface area (TPSA) is 4.41 Å². The van der Waals surface area contributed by atoms with E-state index in [9.17, 15) is 4.39 Å². The van der Waals surface area contributed by atoms with E-state index in [-0.39, 0.29) is 5.82 Å². The van der Waals surface area contributed by atoms with E-state index in [0.29, 0.717) is 5.52 Å². The van der Waals surface area contributed by atoms with Crippen LogP contribution in [0.3, 0.4) is 0 Å². The van der Waals surface area contributed by atoms with E-state index in [1.165, 1.54) is 6.07 Å². The van der Waals surface area contributed by atoms with Gasteiger partial charge in [0.25, 0.3) is 0 Å². The molecule has 2 rings (SSSR count). The van der Waals surface area contributed by atoms with Crippen molar-refractivity contribution in [2.45, 2.75) is 13.3 Å². The Kier molecular flexibility index (Phi) is 1.61. The summed E-state index contributed by atoms with van der Waals surface area (Å²) in [4.78, 5) is 0. The van der Waals surface area contributed by atoms with Gasteiger partial charge in [0, 0.05) is 5.69 Å². The largest absolute Gasteiger partial charge is 0.309 e. The zero-order valence-electron chi connectivity index (χ0n) is 6.84. The molecular formula is C10H9FN. The van der Waals surface area contributed by atoms with Crippen molar-refractivity contribution in [2.75, 3.05) is 0 Å². The molecule has 1 radical (unpaired) electrons. The Labute approximate surface area is 70.4 Å². The molecule has 0 atom stereocenters. The van der Waals surface area contributed by atoms with Crippen LogP contribution in [0.15, 0.2) is 24.3 Å². The molecule has 0 saturated heterocycles. The molecule has 2 heteroatoms. The molecule has 1 nitrogen and oxygen atoms in total. The quantitative estimate of drug-likeness (QED) is 0.606. The van der Waals surface area contributed by atoms with Crippen molar-refractivity contribution in [3.05, 3.63) is 42.0 Å². The second kappa shape index (κ2) is 2.63. The summed E-state index contributed by atoms with van der Waals surface area (Å²) in [5, 5.41) is 0. The molecule has 0 bridgehead atoms. The summed E-state index contributed by atoms with van der Waals surface area (Å²) in [6.07, 6.45) is 3.86. The second-order valence-electron chi connectivity index (χ2n) is 2.71. The van der Waals surface area contributed by atoms with Crippen molar-refractivity contribution in [2.24, 2.45) is 0 Å². The summed E-state index contributed by atoms with van der Waals surface area (Å²) in [6.45, 7) is 2.04. The van der Waals surface area contributed by atoms with Gasteiger partial charge in [0.15, 0.2) is 0 Å². The predicted molar refractivity (Wildman–Crippen MR) is 45.6 cm³/mol. The third-order valence-corrected chi connectivity index (χ3v) is 2.00. The van der Waals surface area contributed by atoms with Crippen LogP contribution >= 0.6 is 0 Å². The second-order valence-corrected chi connectivity index (χ2v) is 2.71. The maximum Gasteiger partial charge on any atom is 0.147 e. The summed E-state index contributed by atoms with van der Waals surface area (Å²) in [6, 6.07) is 6.73. The van der Waals surface area contributed by atoms with Gasteiger partial charge in [0.1, 0.15) is 5.82 Å². The fourth-order valence-electron chi connectivity index (χ4n) is 1.36. The van der Waals surface area contributed by atoms with Gasteiger partial charge in [-0.05, 0) is 30.7 Å². The molecule has 2 heterocycles. The van der Waals surface area contributed by atoms with Crippen LogP contribution in [-0.4, -0.2) is 4.40 Å². The highest BCUT2D eigenvalue weighted by Gasteiger charge is 2.02. The van der Waals surface area contributed by atoms with Gasteiger partial charge in [-0.1, -0.05) is 6.92 Å². The predicted octanol–water partition coefficient (Wildman–Crippen LogP) is 2.44. The number of pyridine rings is 1. The summed E-state index contributed by atoms with van der Waals surface area (Å²) in [7, 11) is 0. The van der Waals surface area contributed by atoms with E-state index in [1.54, 1.807) is 16.5 Å². The van der Waals surface area contributed by atoms with Crippen molar-refractivity contribution in [3.8, 4) is 0 Å². The van der Waals surface area contributed by atoms with Crippen LogP contribution in [0, 0.1) is 12.0 Å². The van der Waals surface area contributed by atoms with E-state index < -0.39 is 0 Å². The molecule has 0 fully saturated rings. The van der Waals surface area contributed by atoms with Crippen molar-refractivity contribution in [1.29, 1.82) is 0 Å². The molecule has 0 N–H and O–H groups in total. The number of aromatic nitrogens is 1. The molecule has 61 valence electrons. The Hall–Kier alpha value is -1.31. The fourth-order valence-corrected chi connectivity index (χ4v) is 1.36. The molecular weight excluding hydrogens is 153 g/mol. The highest BCUT2D eigenvalue weighted by Crippen LogP contribution is 2.13. The molecule has 0 aliphatic carbocycles. The lowest BCUT2D eigenvalue weighted by Gasteiger charge is -1.98. The molecule has 0 saturated carbocycles. The lowest BCUT2D eigenvalue weighted by Crippen LogP contribution is -1.91. The monoisotopic (exact) mass is 162 g/mol. The number of halogens is 1. The third-order valence-electron chi connectivity index (χ3n) is 2.00. The first-order valence-electron chi connectivity index (χ1n) is 3.99. The van der Waals surface area contributed by atoms with Gasteiger partial charge in [-0.3, -0.25) is 0 Å². The van der Waals surface area contributed by atoms with E-state index in [4.69, 9.17) is 0 Å². The van der Waals surface area contributed by atoms with Crippen LogP contribution in [0.5, 0.6) is 0 Å². The molecule has 12 heavy (non-hydrogen) atoms. The molecule has 0 aliphatic rings. The van der Waals surface area contributed by atoms with Crippen LogP contribution < -0.4 is 0 Å². The third kappa shape index (κ3) is 0.916. The molecule has 0 amide bonds. The molecule has 0 spiro atoms. The highest BCUT2D eigenvalue weighted by atomic mass is 19.1. The summed E-state index contributed by atoms with van der Waals surface area (Å²) in [5.74, 6) is -0.187. The maximum atomic E-state index is 13.1. The van der Waals surface area contributed by atoms with Crippen molar-refractivity contribution < 1.29 is 4.39 Å². The first kappa shape index (κ1) is 7.35. The summed E-state index contributed by atoms with van der Waals surface area (Å²) >= 11 is 0. The molecule has 0 unspecified atom stereocenters. The average Bonchev–Trinajstić information content (AvgIpc) is 2.49. The van der Waals surface area contributed by atoms with Gasteiger partial charge in [-0.15, -0.1) is 0 Å². The zero-order valence-corrected chi connectivity index (χ0v) is 6.84. The smallest absolute Gasteiger partial charge is 0.147 e. The minimum absolute atomic E-state index is 0.187. The molecule has 2 aromatic heterocycles. The maximum absolute atomic E-state index is 13.1. The van der Waals surface area contributed by atoms with Crippen LogP contribution in [0.4, 0.5) is 4.39 Å². The van der Waals surface area contributed by atoms with Gasteiger partial charge in [-0.2, -0.15) is 0 Å². The molecule has 2 aromatic rings. The Morgan fingerprint density at radius 1 is 1.42 bits per heavy atom. The number of fused-ring (bicyclic) bond motifs is 1. The molecule has 0 aliphatic heterocycles. The minimum atomic E-state index is -0.187. The van der Waals surface area contributed by atoms with Gasteiger partial charge in [-0.25, -0.2) is 4.39 Å². The number of hydrogen-bond acceptors (Lipinski definition) is 0. The van der Waals surface area contributed by atoms with Crippen LogP contribution in [0.25, 0.3) is 5.52 Å². The zero-order chi connectivity index (χ0) is 8.55. The Bertz CT molecular complexity index is 403. The van der Waals surface area contributed by atoms with Crippen molar-refractivity contribution in [1.82, 2.24) is 4.40 Å². The first-order valence-corrected chi connectivity index (χ1v) is 3.99. The van der Waals surface area contributed by atoms with Gasteiger partial charge < -0.3 is 4.40 Å². The van der Waals surface area contributed by atoms with Crippen molar-refractivity contribution in [3.63, 3.8) is 0 Å². The van der Waals surface area contributed by atoms with Crippen molar-refractivity contribution >= 4 is 5.52 Å². The van der Waals surface area contributed by atoms with E-state index >= 15 is 0 Å². The lowest BCUT2D eigenvalue weighted by atomic mass is 10.3. The number of nitrogens with zero attached hydrogens (tertiary/aromatic N) is 1. The minimum Gasteiger partial charge on any atom is -0.309 e. The Balaban J connectivity index is 2.80. The van der Waals surface area contributed by atoms with E-state index in [1.807, 2.05) is 13.0 Å². The van der Waals surface area contributed by atoms with Crippen LogP contribution in [-0.2, 0) is 6.42 Å². The standard InChI is InChI=1S/C10H9FN/c1-2-8-5-6-10-9(11)4-3-7-12(8)10/h3-6H,2H2,1H3. The Morgan fingerprint density at radius 2 is 2.25 bits per heavy atom. The number of rotatable bonds is 1. The lowest BCUT2D eigenvalue weighted by molar-refractivity contribution is 0.632. The van der Waals surface area contributed by atoms with Gasteiger partial charge >= 0.3 is 0 Å². The first-order chi connectivity index (χ1) is 5.83. The van der Waals surface area contributed by atoms with E-state index in [2.05, 4.69) is 6.20 Å². The number of hydrogen-bond donors (Lipinski definition) is 0. The van der Waals surface area contributed by atoms with Gasteiger partial charge in [0.2, 0.25) is 0 Å². The highest BCUT2D eigenvalue weighted by molar-refractivity contribution is 5.50. The SMILES string of the molecule is CCc1ccc2c(F)cc[c]n12. The average molecular weight is 162 g/mol. The van der Waals surface area contributed by atoms with Crippen LogP contribution in [0.1, 0.15) is 12.6 Å².